The van der Waals surface area contributed by atoms with Gasteiger partial charge in [0.25, 0.3) is 0 Å². The molecule has 5 nitrogen and oxygen atoms in total. The van der Waals surface area contributed by atoms with Crippen LogP contribution in [0.15, 0.2) is 53.4 Å². The van der Waals surface area contributed by atoms with Gasteiger partial charge in [0.15, 0.2) is 0 Å². The standard InChI is InChI=1S/C19H22N2O3S/c1-14(22)21-17-9-11-18(12-10-17)25(23,24)20-13-16-7-4-6-15-5-2-3-8-19(15)16/h2-3,5,8-12,16,20H,4,6-7,13H2,1H3,(H,21,22)/t16-/m1/s1. The first-order chi connectivity index (χ1) is 12.0. The van der Waals surface area contributed by atoms with Crippen molar-refractivity contribution >= 4 is 21.6 Å². The molecule has 132 valence electrons. The van der Waals surface area contributed by atoms with Crippen LogP contribution in [0.1, 0.15) is 36.8 Å². The topological polar surface area (TPSA) is 75.3 Å². The Balaban J connectivity index is 1.69. The fourth-order valence-electron chi connectivity index (χ4n) is 3.28. The number of anilines is 1. The maximum atomic E-state index is 12.5. The molecular weight excluding hydrogens is 336 g/mol. The summed E-state index contributed by atoms with van der Waals surface area (Å²) in [5.41, 5.74) is 3.14. The molecule has 0 bridgehead atoms. The second kappa shape index (κ2) is 7.37. The lowest BCUT2D eigenvalue weighted by Gasteiger charge is -2.25. The van der Waals surface area contributed by atoms with Crippen molar-refractivity contribution in [1.29, 1.82) is 0 Å². The van der Waals surface area contributed by atoms with E-state index in [1.165, 1.54) is 30.2 Å². The molecule has 3 rings (SSSR count). The number of aryl methyl sites for hydroxylation is 1. The van der Waals surface area contributed by atoms with Gasteiger partial charge in [0.05, 0.1) is 4.90 Å². The third-order valence-corrected chi connectivity index (χ3v) is 5.94. The average molecular weight is 358 g/mol. The van der Waals surface area contributed by atoms with Gasteiger partial charge in [0.1, 0.15) is 0 Å². The summed E-state index contributed by atoms with van der Waals surface area (Å²) in [6.45, 7) is 1.81. The summed E-state index contributed by atoms with van der Waals surface area (Å²) in [6.07, 6.45) is 3.12. The number of nitrogens with one attached hydrogen (secondary N) is 2. The summed E-state index contributed by atoms with van der Waals surface area (Å²) in [7, 11) is -3.57. The number of sulfonamides is 1. The van der Waals surface area contributed by atoms with Crippen molar-refractivity contribution < 1.29 is 13.2 Å². The fourth-order valence-corrected chi connectivity index (χ4v) is 4.36. The van der Waals surface area contributed by atoms with Crippen LogP contribution in [0.2, 0.25) is 0 Å². The maximum Gasteiger partial charge on any atom is 0.240 e. The summed E-state index contributed by atoms with van der Waals surface area (Å²) in [5, 5.41) is 2.62. The molecule has 0 radical (unpaired) electrons. The lowest BCUT2D eigenvalue weighted by molar-refractivity contribution is -0.114. The van der Waals surface area contributed by atoms with Crippen LogP contribution in [-0.4, -0.2) is 20.9 Å². The molecular formula is C19H22N2O3S. The van der Waals surface area contributed by atoms with E-state index < -0.39 is 10.0 Å². The van der Waals surface area contributed by atoms with E-state index in [1.807, 2.05) is 12.1 Å². The zero-order valence-electron chi connectivity index (χ0n) is 14.2. The normalized spacial score (nSPS) is 16.9. The van der Waals surface area contributed by atoms with Crippen molar-refractivity contribution in [1.82, 2.24) is 4.72 Å². The van der Waals surface area contributed by atoms with Gasteiger partial charge in [0.2, 0.25) is 15.9 Å². The third-order valence-electron chi connectivity index (χ3n) is 4.50. The summed E-state index contributed by atoms with van der Waals surface area (Å²) < 4.78 is 27.8. The van der Waals surface area contributed by atoms with Gasteiger partial charge in [-0.3, -0.25) is 4.79 Å². The molecule has 2 aromatic rings. The van der Waals surface area contributed by atoms with Crippen LogP contribution in [-0.2, 0) is 21.2 Å². The minimum atomic E-state index is -3.57. The Labute approximate surface area is 148 Å². The molecule has 2 N–H and O–H groups in total. The van der Waals surface area contributed by atoms with Crippen molar-refractivity contribution in [3.63, 3.8) is 0 Å². The van der Waals surface area contributed by atoms with Crippen LogP contribution >= 0.6 is 0 Å². The van der Waals surface area contributed by atoms with E-state index >= 15 is 0 Å². The zero-order valence-corrected chi connectivity index (χ0v) is 15.0. The molecule has 25 heavy (non-hydrogen) atoms. The first kappa shape index (κ1) is 17.6. The van der Waals surface area contributed by atoms with Gasteiger partial charge in [0, 0.05) is 19.2 Å². The highest BCUT2D eigenvalue weighted by molar-refractivity contribution is 7.89. The summed E-state index contributed by atoms with van der Waals surface area (Å²) in [5.74, 6) is 0.0167. The molecule has 0 saturated heterocycles. The monoisotopic (exact) mass is 358 g/mol. The highest BCUT2D eigenvalue weighted by Crippen LogP contribution is 2.31. The van der Waals surface area contributed by atoms with Gasteiger partial charge >= 0.3 is 0 Å². The highest BCUT2D eigenvalue weighted by atomic mass is 32.2. The van der Waals surface area contributed by atoms with Gasteiger partial charge in [-0.25, -0.2) is 13.1 Å². The van der Waals surface area contributed by atoms with Crippen LogP contribution in [0.25, 0.3) is 0 Å². The van der Waals surface area contributed by atoms with Crippen molar-refractivity contribution in [2.24, 2.45) is 0 Å². The zero-order chi connectivity index (χ0) is 17.9. The first-order valence-electron chi connectivity index (χ1n) is 8.41. The molecule has 1 aliphatic carbocycles. The van der Waals surface area contributed by atoms with E-state index in [9.17, 15) is 13.2 Å². The molecule has 0 unspecified atom stereocenters. The number of carbonyl (C=O) groups is 1. The van der Waals surface area contributed by atoms with Gasteiger partial charge in [-0.2, -0.15) is 0 Å². The van der Waals surface area contributed by atoms with E-state index in [0.29, 0.717) is 12.2 Å². The first-order valence-corrected chi connectivity index (χ1v) is 9.89. The number of hydrogen-bond donors (Lipinski definition) is 2. The Morgan fingerprint density at radius 2 is 1.84 bits per heavy atom. The molecule has 0 aliphatic heterocycles. The van der Waals surface area contributed by atoms with Crippen molar-refractivity contribution in [3.8, 4) is 0 Å². The molecule has 1 aliphatic rings. The molecule has 0 fully saturated rings. The van der Waals surface area contributed by atoms with Crippen LogP contribution in [0.5, 0.6) is 0 Å². The van der Waals surface area contributed by atoms with Gasteiger partial charge in [-0.15, -0.1) is 0 Å². The quantitative estimate of drug-likeness (QED) is 0.863. The molecule has 0 spiro atoms. The SMILES string of the molecule is CC(=O)Nc1ccc(S(=O)(=O)NC[C@H]2CCCc3ccccc32)cc1. The Morgan fingerprint density at radius 3 is 2.56 bits per heavy atom. The van der Waals surface area contributed by atoms with Crippen LogP contribution < -0.4 is 10.0 Å². The number of hydrogen-bond acceptors (Lipinski definition) is 3. The lowest BCUT2D eigenvalue weighted by Crippen LogP contribution is -2.30. The van der Waals surface area contributed by atoms with E-state index in [1.54, 1.807) is 12.1 Å². The number of rotatable bonds is 5. The maximum absolute atomic E-state index is 12.5. The predicted octanol–water partition coefficient (Wildman–Crippen LogP) is 3.04. The van der Waals surface area contributed by atoms with Gasteiger partial charge in [-0.1, -0.05) is 24.3 Å². The Bertz CT molecular complexity index is 860. The number of benzene rings is 2. The van der Waals surface area contributed by atoms with Crippen molar-refractivity contribution in [3.05, 3.63) is 59.7 Å². The van der Waals surface area contributed by atoms with Gasteiger partial charge in [-0.05, 0) is 60.6 Å². The summed E-state index contributed by atoms with van der Waals surface area (Å²) in [4.78, 5) is 11.2. The minimum Gasteiger partial charge on any atom is -0.326 e. The van der Waals surface area contributed by atoms with Crippen LogP contribution in [0.4, 0.5) is 5.69 Å². The molecule has 0 saturated carbocycles. The smallest absolute Gasteiger partial charge is 0.240 e. The van der Waals surface area contributed by atoms with E-state index in [2.05, 4.69) is 22.2 Å². The molecule has 0 heterocycles. The van der Waals surface area contributed by atoms with E-state index in [-0.39, 0.29) is 16.7 Å². The predicted molar refractivity (Wildman–Crippen MR) is 98.1 cm³/mol. The largest absolute Gasteiger partial charge is 0.326 e. The Kier molecular flexibility index (Phi) is 5.20. The van der Waals surface area contributed by atoms with E-state index in [0.717, 1.165) is 19.3 Å². The average Bonchev–Trinajstić information content (AvgIpc) is 2.60. The van der Waals surface area contributed by atoms with Crippen molar-refractivity contribution in [2.45, 2.75) is 37.0 Å². The van der Waals surface area contributed by atoms with Crippen LogP contribution in [0.3, 0.4) is 0 Å². The fraction of sp³-hybridized carbons (Fsp3) is 0.316. The molecule has 1 atom stereocenters. The number of carbonyl (C=O) groups excluding carboxylic acids is 1. The third kappa shape index (κ3) is 4.27. The lowest BCUT2D eigenvalue weighted by atomic mass is 9.83. The highest BCUT2D eigenvalue weighted by Gasteiger charge is 2.22. The Morgan fingerprint density at radius 1 is 1.12 bits per heavy atom. The number of fused-ring (bicyclic) bond motifs is 1. The molecule has 6 heteroatoms. The Hall–Kier alpha value is -2.18. The number of amides is 1. The second-order valence-electron chi connectivity index (χ2n) is 6.35. The summed E-state index contributed by atoms with van der Waals surface area (Å²) in [6, 6.07) is 14.4. The van der Waals surface area contributed by atoms with E-state index in [4.69, 9.17) is 0 Å². The summed E-state index contributed by atoms with van der Waals surface area (Å²) >= 11 is 0. The molecule has 0 aromatic heterocycles. The minimum absolute atomic E-state index is 0.190. The van der Waals surface area contributed by atoms with Gasteiger partial charge < -0.3 is 5.32 Å². The second-order valence-corrected chi connectivity index (χ2v) is 8.11. The molecule has 2 aromatic carbocycles. The van der Waals surface area contributed by atoms with Crippen molar-refractivity contribution in [2.75, 3.05) is 11.9 Å². The molecule has 1 amide bonds. The van der Waals surface area contributed by atoms with Crippen LogP contribution in [0, 0.1) is 0 Å².